The number of phenols is 2. The second-order valence-electron chi connectivity index (χ2n) is 5.65. The third kappa shape index (κ3) is 4.65. The number of benzene rings is 3. The van der Waals surface area contributed by atoms with E-state index >= 15 is 0 Å². The summed E-state index contributed by atoms with van der Waals surface area (Å²) in [6, 6.07) is 17.8. The van der Waals surface area contributed by atoms with Gasteiger partial charge in [-0.3, -0.25) is 4.21 Å². The molecule has 0 saturated heterocycles. The standard InChI is InChI=1S/C20H17FO3S2/c21-20-9-1-4-14(13-26(24)18-8-3-6-16(23)11-18)19(20)12-25-17-7-2-5-15(22)10-17/h1-11,22-23H,12-13H2. The van der Waals surface area contributed by atoms with Gasteiger partial charge in [-0.05, 0) is 48.0 Å². The zero-order valence-corrected chi connectivity index (χ0v) is 15.4. The third-order valence-corrected chi connectivity index (χ3v) is 6.16. The van der Waals surface area contributed by atoms with Gasteiger partial charge < -0.3 is 10.2 Å². The summed E-state index contributed by atoms with van der Waals surface area (Å²) in [6.45, 7) is 0. The van der Waals surface area contributed by atoms with Crippen molar-refractivity contribution in [3.63, 3.8) is 0 Å². The lowest BCUT2D eigenvalue weighted by molar-refractivity contribution is 0.473. The Morgan fingerprint density at radius 3 is 2.35 bits per heavy atom. The number of aromatic hydroxyl groups is 2. The molecule has 26 heavy (non-hydrogen) atoms. The number of thioether (sulfide) groups is 1. The minimum Gasteiger partial charge on any atom is -0.508 e. The van der Waals surface area contributed by atoms with E-state index in [9.17, 15) is 18.8 Å². The van der Waals surface area contributed by atoms with E-state index in [4.69, 9.17) is 0 Å². The van der Waals surface area contributed by atoms with Gasteiger partial charge in [-0.2, -0.15) is 0 Å². The number of halogens is 1. The minimum absolute atomic E-state index is 0.0507. The second kappa shape index (κ2) is 8.38. The molecule has 1 atom stereocenters. The first-order valence-electron chi connectivity index (χ1n) is 7.88. The van der Waals surface area contributed by atoms with Gasteiger partial charge in [0.25, 0.3) is 0 Å². The van der Waals surface area contributed by atoms with Crippen LogP contribution in [0.15, 0.2) is 76.5 Å². The van der Waals surface area contributed by atoms with Crippen molar-refractivity contribution in [1.82, 2.24) is 0 Å². The van der Waals surface area contributed by atoms with E-state index in [0.29, 0.717) is 21.8 Å². The molecule has 2 N–H and O–H groups in total. The Labute approximate surface area is 158 Å². The summed E-state index contributed by atoms with van der Waals surface area (Å²) in [5, 5.41) is 19.1. The molecule has 0 aromatic heterocycles. The SMILES string of the molecule is O=S(Cc1cccc(F)c1CSc1cccc(O)c1)c1cccc(O)c1. The van der Waals surface area contributed by atoms with Crippen LogP contribution in [-0.4, -0.2) is 14.4 Å². The minimum atomic E-state index is -1.39. The average molecular weight is 388 g/mol. The van der Waals surface area contributed by atoms with Crippen LogP contribution in [0.4, 0.5) is 4.39 Å². The second-order valence-corrected chi connectivity index (χ2v) is 8.15. The molecule has 0 saturated carbocycles. The molecule has 134 valence electrons. The fraction of sp³-hybridized carbons (Fsp3) is 0.100. The molecule has 0 amide bonds. The number of hydrogen-bond donors (Lipinski definition) is 2. The van der Waals surface area contributed by atoms with Crippen LogP contribution in [-0.2, 0) is 22.3 Å². The van der Waals surface area contributed by atoms with Crippen molar-refractivity contribution in [2.24, 2.45) is 0 Å². The fourth-order valence-corrected chi connectivity index (χ4v) is 4.69. The predicted octanol–water partition coefficient (Wildman–Crippen LogP) is 4.84. The van der Waals surface area contributed by atoms with Gasteiger partial charge in [-0.1, -0.05) is 24.3 Å². The van der Waals surface area contributed by atoms with Crippen LogP contribution in [0, 0.1) is 5.82 Å². The first kappa shape index (κ1) is 18.5. The van der Waals surface area contributed by atoms with Crippen LogP contribution in [0.1, 0.15) is 11.1 Å². The highest BCUT2D eigenvalue weighted by atomic mass is 32.2. The molecule has 1 unspecified atom stereocenters. The molecule has 6 heteroatoms. The Bertz CT molecular complexity index is 944. The van der Waals surface area contributed by atoms with Gasteiger partial charge in [0, 0.05) is 21.1 Å². The summed E-state index contributed by atoms with van der Waals surface area (Å²) < 4.78 is 26.9. The molecule has 3 rings (SSSR count). The molecule has 0 aliphatic carbocycles. The monoisotopic (exact) mass is 388 g/mol. The van der Waals surface area contributed by atoms with E-state index in [1.165, 1.54) is 30.0 Å². The Kier molecular flexibility index (Phi) is 5.96. The Morgan fingerprint density at radius 1 is 0.923 bits per heavy atom. The molecule has 0 aliphatic heterocycles. The molecule has 3 nitrogen and oxygen atoms in total. The first-order chi connectivity index (χ1) is 12.5. The van der Waals surface area contributed by atoms with Crippen LogP contribution in [0.5, 0.6) is 11.5 Å². The largest absolute Gasteiger partial charge is 0.508 e. The van der Waals surface area contributed by atoms with Crippen molar-refractivity contribution in [1.29, 1.82) is 0 Å². The van der Waals surface area contributed by atoms with E-state index < -0.39 is 10.8 Å². The molecule has 0 fully saturated rings. The summed E-state index contributed by atoms with van der Waals surface area (Å²) in [5.74, 6) is 0.395. The van der Waals surface area contributed by atoms with Crippen LogP contribution in [0.25, 0.3) is 0 Å². The van der Waals surface area contributed by atoms with Gasteiger partial charge in [0.15, 0.2) is 0 Å². The number of phenolic OH excluding ortho intramolecular Hbond substituents is 2. The maximum Gasteiger partial charge on any atom is 0.127 e. The quantitative estimate of drug-likeness (QED) is 0.594. The van der Waals surface area contributed by atoms with Crippen LogP contribution in [0.2, 0.25) is 0 Å². The Morgan fingerprint density at radius 2 is 1.62 bits per heavy atom. The summed E-state index contributed by atoms with van der Waals surface area (Å²) in [6.07, 6.45) is 0. The fourth-order valence-electron chi connectivity index (χ4n) is 2.48. The van der Waals surface area contributed by atoms with E-state index in [-0.39, 0.29) is 23.1 Å². The first-order valence-corrected chi connectivity index (χ1v) is 10.2. The molecular weight excluding hydrogens is 371 g/mol. The Balaban J connectivity index is 1.79. The third-order valence-electron chi connectivity index (χ3n) is 3.78. The van der Waals surface area contributed by atoms with E-state index in [2.05, 4.69) is 0 Å². The maximum atomic E-state index is 14.3. The van der Waals surface area contributed by atoms with Gasteiger partial charge in [0.05, 0.1) is 16.6 Å². The topological polar surface area (TPSA) is 57.5 Å². The Hall–Kier alpha value is -2.31. The van der Waals surface area contributed by atoms with Crippen molar-refractivity contribution in [2.45, 2.75) is 21.3 Å². The van der Waals surface area contributed by atoms with E-state index in [1.807, 2.05) is 6.07 Å². The van der Waals surface area contributed by atoms with Gasteiger partial charge in [-0.25, -0.2) is 4.39 Å². The highest BCUT2D eigenvalue weighted by Crippen LogP contribution is 2.29. The maximum absolute atomic E-state index is 14.3. The lowest BCUT2D eigenvalue weighted by Gasteiger charge is -2.11. The zero-order chi connectivity index (χ0) is 18.5. The van der Waals surface area contributed by atoms with Gasteiger partial charge in [0.1, 0.15) is 17.3 Å². The molecule has 0 spiro atoms. The number of hydrogen-bond acceptors (Lipinski definition) is 4. The van der Waals surface area contributed by atoms with Crippen molar-refractivity contribution < 1.29 is 18.8 Å². The highest BCUT2D eigenvalue weighted by Gasteiger charge is 2.13. The highest BCUT2D eigenvalue weighted by molar-refractivity contribution is 7.98. The lowest BCUT2D eigenvalue weighted by Crippen LogP contribution is -2.02. The molecule has 3 aromatic carbocycles. The smallest absolute Gasteiger partial charge is 0.127 e. The van der Waals surface area contributed by atoms with Crippen molar-refractivity contribution in [3.8, 4) is 11.5 Å². The zero-order valence-electron chi connectivity index (χ0n) is 13.8. The van der Waals surface area contributed by atoms with Crippen molar-refractivity contribution >= 4 is 22.6 Å². The molecular formula is C20H17FO3S2. The molecule has 0 aliphatic rings. The van der Waals surface area contributed by atoms with Crippen LogP contribution < -0.4 is 0 Å². The normalized spacial score (nSPS) is 12.0. The van der Waals surface area contributed by atoms with Crippen LogP contribution >= 0.6 is 11.8 Å². The van der Waals surface area contributed by atoms with Crippen molar-refractivity contribution in [2.75, 3.05) is 0 Å². The van der Waals surface area contributed by atoms with Crippen molar-refractivity contribution in [3.05, 3.63) is 83.7 Å². The van der Waals surface area contributed by atoms with Gasteiger partial charge >= 0.3 is 0 Å². The van der Waals surface area contributed by atoms with E-state index in [0.717, 1.165) is 4.90 Å². The molecule has 0 bridgehead atoms. The predicted molar refractivity (Wildman–Crippen MR) is 102 cm³/mol. The molecule has 3 aromatic rings. The molecule has 0 radical (unpaired) electrons. The van der Waals surface area contributed by atoms with E-state index in [1.54, 1.807) is 42.5 Å². The summed E-state index contributed by atoms with van der Waals surface area (Å²) in [7, 11) is -1.39. The van der Waals surface area contributed by atoms with Crippen LogP contribution in [0.3, 0.4) is 0 Å². The summed E-state index contributed by atoms with van der Waals surface area (Å²) >= 11 is 1.40. The average Bonchev–Trinajstić information content (AvgIpc) is 2.61. The van der Waals surface area contributed by atoms with Gasteiger partial charge in [-0.15, -0.1) is 11.8 Å². The van der Waals surface area contributed by atoms with Gasteiger partial charge in [0.2, 0.25) is 0 Å². The summed E-state index contributed by atoms with van der Waals surface area (Å²) in [4.78, 5) is 1.33. The number of rotatable bonds is 6. The summed E-state index contributed by atoms with van der Waals surface area (Å²) in [5.41, 5.74) is 1.16. The molecule has 0 heterocycles. The lowest BCUT2D eigenvalue weighted by atomic mass is 10.1.